The molecular formula is C14H19N3O. The predicted octanol–water partition coefficient (Wildman–Crippen LogP) is 3.03. The summed E-state index contributed by atoms with van der Waals surface area (Å²) < 4.78 is 5.78. The molecule has 0 radical (unpaired) electrons. The summed E-state index contributed by atoms with van der Waals surface area (Å²) in [6.45, 7) is 5.03. The number of rotatable bonds is 5. The topological polar surface area (TPSA) is 61.0 Å². The Labute approximate surface area is 107 Å². The average molecular weight is 245 g/mol. The molecule has 4 heteroatoms. The van der Waals surface area contributed by atoms with Crippen LogP contribution in [0.4, 0.5) is 5.69 Å². The summed E-state index contributed by atoms with van der Waals surface area (Å²) in [5.41, 5.74) is 7.34. The maximum absolute atomic E-state index is 5.79. The quantitative estimate of drug-likeness (QED) is 0.822. The molecule has 0 spiro atoms. The number of benzene rings is 1. The molecule has 1 aromatic heterocycles. The van der Waals surface area contributed by atoms with E-state index in [1.165, 1.54) is 12.7 Å². The average Bonchev–Trinajstić information content (AvgIpc) is 2.36. The molecule has 2 rings (SSSR count). The van der Waals surface area contributed by atoms with E-state index in [0.717, 1.165) is 17.3 Å². The maximum atomic E-state index is 5.79. The molecule has 0 aliphatic rings. The van der Waals surface area contributed by atoms with Gasteiger partial charge in [-0.25, -0.2) is 9.97 Å². The number of nitrogens with two attached hydrogens (primary N) is 1. The van der Waals surface area contributed by atoms with E-state index >= 15 is 0 Å². The first-order valence-corrected chi connectivity index (χ1v) is 6.33. The molecule has 0 aliphatic heterocycles. The van der Waals surface area contributed by atoms with E-state index in [9.17, 15) is 0 Å². The second-order valence-electron chi connectivity index (χ2n) is 4.66. The largest absolute Gasteiger partial charge is 0.477 e. The molecule has 0 fully saturated rings. The van der Waals surface area contributed by atoms with Crippen LogP contribution in [0, 0.1) is 5.92 Å². The minimum absolute atomic E-state index is 0.529. The Kier molecular flexibility index (Phi) is 3.97. The molecule has 1 aromatic carbocycles. The molecule has 0 saturated heterocycles. The van der Waals surface area contributed by atoms with Crippen LogP contribution in [-0.2, 0) is 0 Å². The highest BCUT2D eigenvalue weighted by molar-refractivity contribution is 5.86. The normalized spacial score (nSPS) is 12.6. The van der Waals surface area contributed by atoms with Crippen LogP contribution < -0.4 is 10.5 Å². The van der Waals surface area contributed by atoms with Gasteiger partial charge < -0.3 is 10.5 Å². The summed E-state index contributed by atoms with van der Waals surface area (Å²) in [5, 5.41) is 0.876. The third-order valence-electron chi connectivity index (χ3n) is 2.91. The number of aromatic nitrogens is 2. The highest BCUT2D eigenvalue weighted by Gasteiger charge is 2.07. The van der Waals surface area contributed by atoms with Crippen LogP contribution >= 0.6 is 0 Å². The summed E-state index contributed by atoms with van der Waals surface area (Å²) >= 11 is 0. The van der Waals surface area contributed by atoms with Crippen molar-refractivity contribution in [3.05, 3.63) is 24.5 Å². The Balaban J connectivity index is 2.19. The zero-order chi connectivity index (χ0) is 13.0. The van der Waals surface area contributed by atoms with Crippen molar-refractivity contribution in [2.24, 2.45) is 5.92 Å². The van der Waals surface area contributed by atoms with Crippen molar-refractivity contribution < 1.29 is 4.74 Å². The van der Waals surface area contributed by atoms with E-state index in [1.807, 2.05) is 18.2 Å². The van der Waals surface area contributed by atoms with Gasteiger partial charge in [-0.2, -0.15) is 0 Å². The van der Waals surface area contributed by atoms with E-state index in [2.05, 4.69) is 23.8 Å². The fraction of sp³-hybridized carbons (Fsp3) is 0.429. The molecule has 18 heavy (non-hydrogen) atoms. The lowest BCUT2D eigenvalue weighted by atomic mass is 10.1. The highest BCUT2D eigenvalue weighted by atomic mass is 16.5. The fourth-order valence-electron chi connectivity index (χ4n) is 1.96. The lowest BCUT2D eigenvalue weighted by Gasteiger charge is -2.12. The van der Waals surface area contributed by atoms with Gasteiger partial charge >= 0.3 is 0 Å². The number of fused-ring (bicyclic) bond motifs is 1. The molecule has 0 amide bonds. The van der Waals surface area contributed by atoms with E-state index in [-0.39, 0.29) is 0 Å². The lowest BCUT2D eigenvalue weighted by Crippen LogP contribution is -2.09. The number of nitrogen functional groups attached to an aromatic ring is 1. The molecule has 0 saturated carbocycles. The van der Waals surface area contributed by atoms with Gasteiger partial charge in [0.2, 0.25) is 5.88 Å². The Morgan fingerprint density at radius 2 is 2.17 bits per heavy atom. The Morgan fingerprint density at radius 3 is 2.94 bits per heavy atom. The summed E-state index contributed by atoms with van der Waals surface area (Å²) in [4.78, 5) is 8.39. The van der Waals surface area contributed by atoms with Gasteiger partial charge in [-0.1, -0.05) is 20.3 Å². The Bertz CT molecular complexity index is 527. The van der Waals surface area contributed by atoms with Crippen LogP contribution in [0.25, 0.3) is 10.9 Å². The van der Waals surface area contributed by atoms with Crippen LogP contribution in [0.15, 0.2) is 24.5 Å². The van der Waals surface area contributed by atoms with Crippen molar-refractivity contribution in [2.45, 2.75) is 26.7 Å². The lowest BCUT2D eigenvalue weighted by molar-refractivity contribution is 0.246. The zero-order valence-corrected chi connectivity index (χ0v) is 10.9. The van der Waals surface area contributed by atoms with Gasteiger partial charge in [-0.3, -0.25) is 0 Å². The summed E-state index contributed by atoms with van der Waals surface area (Å²) in [6, 6.07) is 5.57. The number of hydrogen-bond acceptors (Lipinski definition) is 4. The van der Waals surface area contributed by atoms with Crippen molar-refractivity contribution in [3.8, 4) is 5.88 Å². The fourth-order valence-corrected chi connectivity index (χ4v) is 1.96. The smallest absolute Gasteiger partial charge is 0.224 e. The van der Waals surface area contributed by atoms with E-state index in [0.29, 0.717) is 24.1 Å². The number of ether oxygens (including phenoxy) is 1. The second kappa shape index (κ2) is 5.67. The number of anilines is 1. The van der Waals surface area contributed by atoms with Crippen molar-refractivity contribution in [1.82, 2.24) is 9.97 Å². The first kappa shape index (κ1) is 12.6. The molecule has 0 aliphatic carbocycles. The second-order valence-corrected chi connectivity index (χ2v) is 4.66. The van der Waals surface area contributed by atoms with Gasteiger partial charge in [0.25, 0.3) is 0 Å². The Morgan fingerprint density at radius 1 is 1.33 bits per heavy atom. The first-order valence-electron chi connectivity index (χ1n) is 6.33. The van der Waals surface area contributed by atoms with Crippen LogP contribution in [-0.4, -0.2) is 16.6 Å². The molecule has 2 N–H and O–H groups in total. The molecule has 1 unspecified atom stereocenters. The monoisotopic (exact) mass is 245 g/mol. The highest BCUT2D eigenvalue weighted by Crippen LogP contribution is 2.24. The Hall–Kier alpha value is -1.84. The minimum atomic E-state index is 0.529. The third kappa shape index (κ3) is 2.88. The van der Waals surface area contributed by atoms with Crippen LogP contribution in [0.3, 0.4) is 0 Å². The van der Waals surface area contributed by atoms with Crippen molar-refractivity contribution in [1.29, 1.82) is 0 Å². The molecule has 1 heterocycles. The SMILES string of the molecule is CCCC(C)COc1ncnc2ccc(N)cc12. The summed E-state index contributed by atoms with van der Waals surface area (Å²) in [6.07, 6.45) is 3.85. The summed E-state index contributed by atoms with van der Waals surface area (Å²) in [5.74, 6) is 1.15. The zero-order valence-electron chi connectivity index (χ0n) is 10.9. The minimum Gasteiger partial charge on any atom is -0.477 e. The van der Waals surface area contributed by atoms with Gasteiger partial charge in [0.05, 0.1) is 17.5 Å². The van der Waals surface area contributed by atoms with Gasteiger partial charge in [0.15, 0.2) is 0 Å². The van der Waals surface area contributed by atoms with Gasteiger partial charge in [0.1, 0.15) is 6.33 Å². The van der Waals surface area contributed by atoms with E-state index in [4.69, 9.17) is 10.5 Å². The number of nitrogens with zero attached hydrogens (tertiary/aromatic N) is 2. The maximum Gasteiger partial charge on any atom is 0.224 e. The van der Waals surface area contributed by atoms with Crippen molar-refractivity contribution in [3.63, 3.8) is 0 Å². The van der Waals surface area contributed by atoms with Crippen molar-refractivity contribution in [2.75, 3.05) is 12.3 Å². The molecule has 4 nitrogen and oxygen atoms in total. The molecule has 1 atom stereocenters. The third-order valence-corrected chi connectivity index (χ3v) is 2.91. The van der Waals surface area contributed by atoms with Crippen molar-refractivity contribution >= 4 is 16.6 Å². The summed E-state index contributed by atoms with van der Waals surface area (Å²) in [7, 11) is 0. The van der Waals surface area contributed by atoms with Gasteiger partial charge in [-0.05, 0) is 30.5 Å². The van der Waals surface area contributed by atoms with Crippen LogP contribution in [0.5, 0.6) is 5.88 Å². The standard InChI is InChI=1S/C14H19N3O/c1-3-4-10(2)8-18-14-12-7-11(15)5-6-13(12)16-9-17-14/h5-7,9-10H,3-4,8,15H2,1-2H3. The molecule has 96 valence electrons. The first-order chi connectivity index (χ1) is 8.70. The van der Waals surface area contributed by atoms with Gasteiger partial charge in [0, 0.05) is 5.69 Å². The number of hydrogen-bond donors (Lipinski definition) is 1. The molecule has 0 bridgehead atoms. The van der Waals surface area contributed by atoms with Crippen LogP contribution in [0.1, 0.15) is 26.7 Å². The van der Waals surface area contributed by atoms with Crippen LogP contribution in [0.2, 0.25) is 0 Å². The van der Waals surface area contributed by atoms with Gasteiger partial charge in [-0.15, -0.1) is 0 Å². The van der Waals surface area contributed by atoms with E-state index in [1.54, 1.807) is 0 Å². The molecule has 2 aromatic rings. The van der Waals surface area contributed by atoms with E-state index < -0.39 is 0 Å². The molecular weight excluding hydrogens is 226 g/mol. The predicted molar refractivity (Wildman–Crippen MR) is 73.5 cm³/mol.